The van der Waals surface area contributed by atoms with Gasteiger partial charge in [-0.15, -0.1) is 0 Å². The maximum absolute atomic E-state index is 12.9. The molecule has 0 N–H and O–H groups in total. The lowest BCUT2D eigenvalue weighted by Crippen LogP contribution is -2.57. The van der Waals surface area contributed by atoms with E-state index in [1.54, 1.807) is 6.92 Å². The second-order valence-electron chi connectivity index (χ2n) is 9.85. The average Bonchev–Trinajstić information content (AvgIpc) is 2.98. The van der Waals surface area contributed by atoms with Crippen LogP contribution in [0.2, 0.25) is 0 Å². The lowest BCUT2D eigenvalue weighted by atomic mass is 9.50. The molecule has 4 aliphatic rings. The molecule has 6 atom stereocenters. The van der Waals surface area contributed by atoms with Crippen molar-refractivity contribution in [3.63, 3.8) is 0 Å². The minimum Gasteiger partial charge on any atom is -0.355 e. The number of ether oxygens (including phenoxy) is 2. The zero-order valence-electron chi connectivity index (χ0n) is 17.8. The van der Waals surface area contributed by atoms with E-state index in [0.29, 0.717) is 42.5 Å². The van der Waals surface area contributed by atoms with Crippen LogP contribution in [0, 0.1) is 29.1 Å². The average molecular weight is 389 g/mol. The number of hydrogen-bond donors (Lipinski definition) is 0. The molecule has 0 bridgehead atoms. The van der Waals surface area contributed by atoms with E-state index in [-0.39, 0.29) is 18.0 Å². The molecular weight excluding hydrogens is 352 g/mol. The van der Waals surface area contributed by atoms with Crippen LogP contribution in [-0.4, -0.2) is 30.6 Å². The fourth-order valence-electron chi connectivity index (χ4n) is 7.44. The Morgan fingerprint density at radius 1 is 1.14 bits per heavy atom. The quantitative estimate of drug-likeness (QED) is 0.482. The number of carbonyl (C=O) groups is 2. The van der Waals surface area contributed by atoms with Gasteiger partial charge in [-0.3, -0.25) is 9.59 Å². The molecule has 0 unspecified atom stereocenters. The van der Waals surface area contributed by atoms with Crippen LogP contribution in [0.3, 0.4) is 0 Å². The van der Waals surface area contributed by atoms with Crippen LogP contribution in [0.25, 0.3) is 0 Å². The number of allylic oxidation sites excluding steroid dienone is 1. The molecule has 3 saturated carbocycles. The molecule has 28 heavy (non-hydrogen) atoms. The van der Waals surface area contributed by atoms with Gasteiger partial charge in [0, 0.05) is 18.4 Å². The van der Waals surface area contributed by atoms with Gasteiger partial charge in [-0.2, -0.15) is 0 Å². The predicted molar refractivity (Wildman–Crippen MR) is 108 cm³/mol. The number of Topliss-reactive ketones (excluding diaryl/α,β-unsaturated/α-hetero) is 1. The first-order valence-corrected chi connectivity index (χ1v) is 11.4. The Labute approximate surface area is 169 Å². The van der Waals surface area contributed by atoms with Crippen molar-refractivity contribution in [2.45, 2.75) is 84.2 Å². The number of fused-ring (bicyclic) bond motifs is 5. The summed E-state index contributed by atoms with van der Waals surface area (Å²) in [5.41, 5.74) is 0.636. The molecule has 4 rings (SSSR count). The van der Waals surface area contributed by atoms with E-state index in [9.17, 15) is 9.59 Å². The van der Waals surface area contributed by atoms with Crippen molar-refractivity contribution in [1.29, 1.82) is 0 Å². The molecule has 0 heterocycles. The molecule has 3 fully saturated rings. The highest BCUT2D eigenvalue weighted by molar-refractivity contribution is 5.91. The van der Waals surface area contributed by atoms with Gasteiger partial charge in [-0.05, 0) is 88.0 Å². The van der Waals surface area contributed by atoms with Crippen LogP contribution >= 0.6 is 0 Å². The van der Waals surface area contributed by atoms with E-state index < -0.39 is 5.60 Å². The predicted octanol–water partition coefficient (Wildman–Crippen LogP) is 4.86. The van der Waals surface area contributed by atoms with Crippen LogP contribution in [0.15, 0.2) is 11.6 Å². The number of carbonyl (C=O) groups excluding carboxylic acids is 2. The molecule has 0 radical (unpaired) electrons. The Balaban J connectivity index is 1.56. The molecule has 0 aromatic rings. The second kappa shape index (κ2) is 7.68. The summed E-state index contributed by atoms with van der Waals surface area (Å²) in [6, 6.07) is 0. The smallest absolute Gasteiger partial charge is 0.162 e. The first-order chi connectivity index (χ1) is 13.4. The fraction of sp³-hybridized carbons (Fsp3) is 0.833. The highest BCUT2D eigenvalue weighted by atomic mass is 16.7. The number of ketones is 2. The second-order valence-corrected chi connectivity index (χ2v) is 9.85. The summed E-state index contributed by atoms with van der Waals surface area (Å²) in [4.78, 5) is 24.8. The third-order valence-corrected chi connectivity index (χ3v) is 8.73. The first kappa shape index (κ1) is 20.3. The highest BCUT2D eigenvalue weighted by Gasteiger charge is 2.65. The summed E-state index contributed by atoms with van der Waals surface area (Å²) < 4.78 is 11.9. The minimum absolute atomic E-state index is 0.0960. The molecule has 0 aliphatic heterocycles. The monoisotopic (exact) mass is 388 g/mol. The van der Waals surface area contributed by atoms with Crippen molar-refractivity contribution in [3.05, 3.63) is 11.6 Å². The van der Waals surface area contributed by atoms with E-state index in [2.05, 4.69) is 13.8 Å². The zero-order valence-corrected chi connectivity index (χ0v) is 17.8. The van der Waals surface area contributed by atoms with Crippen LogP contribution in [0.4, 0.5) is 0 Å². The van der Waals surface area contributed by atoms with Gasteiger partial charge >= 0.3 is 0 Å². The Bertz CT molecular complexity index is 668. The molecule has 0 amide bonds. The van der Waals surface area contributed by atoms with E-state index >= 15 is 0 Å². The van der Waals surface area contributed by atoms with Gasteiger partial charge in [0.05, 0.1) is 0 Å². The van der Waals surface area contributed by atoms with Crippen molar-refractivity contribution >= 4 is 11.6 Å². The summed E-state index contributed by atoms with van der Waals surface area (Å²) in [6.07, 6.45) is 11.0. The lowest BCUT2D eigenvalue weighted by molar-refractivity contribution is -0.202. The Morgan fingerprint density at radius 2 is 1.96 bits per heavy atom. The van der Waals surface area contributed by atoms with Crippen molar-refractivity contribution in [2.24, 2.45) is 29.1 Å². The molecule has 0 aromatic carbocycles. The van der Waals surface area contributed by atoms with Gasteiger partial charge in [0.1, 0.15) is 12.4 Å². The number of rotatable bonds is 6. The third kappa shape index (κ3) is 3.02. The molecule has 4 heteroatoms. The summed E-state index contributed by atoms with van der Waals surface area (Å²) in [5.74, 6) is 2.99. The normalized spacial score (nSPS) is 42.4. The van der Waals surface area contributed by atoms with Gasteiger partial charge in [0.25, 0.3) is 0 Å². The Kier molecular flexibility index (Phi) is 5.56. The molecule has 156 valence electrons. The van der Waals surface area contributed by atoms with Gasteiger partial charge in [-0.25, -0.2) is 0 Å². The van der Waals surface area contributed by atoms with E-state index in [1.807, 2.05) is 6.08 Å². The molecule has 4 aliphatic carbocycles. The molecule has 0 aromatic heterocycles. The molecule has 0 spiro atoms. The topological polar surface area (TPSA) is 52.6 Å². The van der Waals surface area contributed by atoms with Crippen molar-refractivity contribution < 1.29 is 19.1 Å². The van der Waals surface area contributed by atoms with Crippen molar-refractivity contribution in [1.82, 2.24) is 0 Å². The van der Waals surface area contributed by atoms with Crippen molar-refractivity contribution in [3.8, 4) is 0 Å². The summed E-state index contributed by atoms with van der Waals surface area (Å²) in [7, 11) is 0. The molecule has 4 nitrogen and oxygen atoms in total. The maximum Gasteiger partial charge on any atom is 0.162 e. The van der Waals surface area contributed by atoms with Crippen molar-refractivity contribution in [2.75, 3.05) is 13.4 Å². The number of hydrogen-bond acceptors (Lipinski definition) is 4. The van der Waals surface area contributed by atoms with Crippen LogP contribution in [0.1, 0.15) is 78.6 Å². The maximum atomic E-state index is 12.9. The van der Waals surface area contributed by atoms with E-state index in [0.717, 1.165) is 44.9 Å². The fourth-order valence-corrected chi connectivity index (χ4v) is 7.44. The van der Waals surface area contributed by atoms with Gasteiger partial charge < -0.3 is 9.47 Å². The summed E-state index contributed by atoms with van der Waals surface area (Å²) in [5, 5.41) is 0. The Hall–Kier alpha value is -1.00. The first-order valence-electron chi connectivity index (χ1n) is 11.4. The van der Waals surface area contributed by atoms with Gasteiger partial charge in [0.2, 0.25) is 0 Å². The third-order valence-electron chi connectivity index (χ3n) is 8.73. The van der Waals surface area contributed by atoms with Gasteiger partial charge in [0.15, 0.2) is 11.6 Å². The molecular formula is C24H36O4. The minimum atomic E-state index is -0.685. The molecule has 0 saturated heterocycles. The van der Waals surface area contributed by atoms with Crippen LogP contribution < -0.4 is 0 Å². The Morgan fingerprint density at radius 3 is 2.71 bits per heavy atom. The van der Waals surface area contributed by atoms with Gasteiger partial charge in [-0.1, -0.05) is 19.4 Å². The standard InChI is InChI=1S/C24H36O4/c1-4-13-27-15-28-24(16(2)25)12-10-22-21-7-5-17-14-18(26)6-8-19(17)20(21)9-11-23(22,24)3/h14,19-22H,4-13,15H2,1-3H3/t19-,20+,21+,22-,23-,24-/m0/s1. The largest absolute Gasteiger partial charge is 0.355 e. The summed E-state index contributed by atoms with van der Waals surface area (Å²) >= 11 is 0. The SMILES string of the molecule is CCCOCO[C@]1(C(C)=O)CC[C@H]2[C@@H]3CCC4=CC(=O)CC[C@@H]4[C@H]3CC[C@@]21C. The van der Waals surface area contributed by atoms with E-state index in [1.165, 1.54) is 12.0 Å². The van der Waals surface area contributed by atoms with Crippen LogP contribution in [-0.2, 0) is 19.1 Å². The lowest BCUT2D eigenvalue weighted by Gasteiger charge is -2.56. The van der Waals surface area contributed by atoms with E-state index in [4.69, 9.17) is 9.47 Å². The van der Waals surface area contributed by atoms with Crippen LogP contribution in [0.5, 0.6) is 0 Å². The highest BCUT2D eigenvalue weighted by Crippen LogP contribution is 2.65. The summed E-state index contributed by atoms with van der Waals surface area (Å²) in [6.45, 7) is 7.02. The zero-order chi connectivity index (χ0) is 19.9.